The zero-order valence-electron chi connectivity index (χ0n) is 19.0. The average Bonchev–Trinajstić information content (AvgIpc) is 3.42. The van der Waals surface area contributed by atoms with Crippen molar-refractivity contribution in [2.75, 3.05) is 20.1 Å². The van der Waals surface area contributed by atoms with Gasteiger partial charge in [0, 0.05) is 45.1 Å². The fraction of sp³-hybridized carbons (Fsp3) is 0.522. The molecule has 168 valence electrons. The first kappa shape index (κ1) is 22.7. The average molecular weight is 427 g/mol. The Balaban J connectivity index is 1.49. The van der Waals surface area contributed by atoms with Crippen LogP contribution in [0.2, 0.25) is 0 Å². The number of amides is 1. The number of ether oxygens (including phenoxy) is 1. The van der Waals surface area contributed by atoms with Crippen molar-refractivity contribution < 1.29 is 9.53 Å². The van der Waals surface area contributed by atoms with Gasteiger partial charge in [0.25, 0.3) is 0 Å². The van der Waals surface area contributed by atoms with Crippen molar-refractivity contribution >= 4 is 12.1 Å². The van der Waals surface area contributed by atoms with E-state index < -0.39 is 5.60 Å². The maximum atomic E-state index is 12.5. The van der Waals surface area contributed by atoms with E-state index in [9.17, 15) is 4.79 Å². The molecule has 1 aromatic heterocycles. The normalized spacial score (nSPS) is 14.3. The first-order valence-electron chi connectivity index (χ1n) is 10.8. The van der Waals surface area contributed by atoms with E-state index in [-0.39, 0.29) is 6.09 Å². The Morgan fingerprint density at radius 1 is 1.23 bits per heavy atom. The van der Waals surface area contributed by atoms with Gasteiger partial charge < -0.3 is 20.3 Å². The van der Waals surface area contributed by atoms with Crippen molar-refractivity contribution in [2.45, 2.75) is 58.3 Å². The number of hydrogen-bond donors (Lipinski definition) is 2. The number of aromatic nitrogens is 2. The van der Waals surface area contributed by atoms with Crippen LogP contribution in [-0.4, -0.2) is 58.5 Å². The first-order chi connectivity index (χ1) is 14.9. The molecule has 1 amide bonds. The van der Waals surface area contributed by atoms with Gasteiger partial charge in [-0.25, -0.2) is 4.79 Å². The number of rotatable bonds is 8. The first-order valence-corrected chi connectivity index (χ1v) is 10.8. The summed E-state index contributed by atoms with van der Waals surface area (Å²) in [6.45, 7) is 8.23. The van der Waals surface area contributed by atoms with Gasteiger partial charge in [0.15, 0.2) is 5.96 Å². The highest BCUT2D eigenvalue weighted by Gasteiger charge is 2.34. The highest BCUT2D eigenvalue weighted by atomic mass is 16.6. The molecule has 1 aliphatic rings. The number of nitrogens with one attached hydrogen (secondary N) is 2. The maximum absolute atomic E-state index is 12.5. The van der Waals surface area contributed by atoms with Gasteiger partial charge in [-0.1, -0.05) is 24.3 Å². The molecule has 0 saturated heterocycles. The Bertz CT molecular complexity index is 868. The molecule has 0 aliphatic heterocycles. The number of carbonyl (C=O) groups excluding carboxylic acids is 1. The van der Waals surface area contributed by atoms with Crippen LogP contribution in [0, 0.1) is 0 Å². The van der Waals surface area contributed by atoms with Gasteiger partial charge in [0.05, 0.1) is 6.54 Å². The molecule has 2 aromatic rings. The number of hydrogen-bond acceptors (Lipinski definition) is 4. The molecular weight excluding hydrogens is 392 g/mol. The summed E-state index contributed by atoms with van der Waals surface area (Å²) in [6.07, 6.45) is 5.58. The third-order valence-electron chi connectivity index (χ3n) is 4.94. The van der Waals surface area contributed by atoms with Crippen molar-refractivity contribution in [3.05, 3.63) is 53.9 Å². The molecule has 1 aromatic carbocycles. The van der Waals surface area contributed by atoms with Crippen LogP contribution in [0.5, 0.6) is 0 Å². The van der Waals surface area contributed by atoms with Crippen molar-refractivity contribution in [1.29, 1.82) is 0 Å². The van der Waals surface area contributed by atoms with Crippen LogP contribution in [0.3, 0.4) is 0 Å². The molecule has 1 heterocycles. The molecule has 1 saturated carbocycles. The van der Waals surface area contributed by atoms with Crippen molar-refractivity contribution in [2.24, 2.45) is 4.99 Å². The monoisotopic (exact) mass is 426 g/mol. The summed E-state index contributed by atoms with van der Waals surface area (Å²) in [7, 11) is 1.75. The van der Waals surface area contributed by atoms with Crippen molar-refractivity contribution in [1.82, 2.24) is 25.3 Å². The van der Waals surface area contributed by atoms with Crippen molar-refractivity contribution in [3.63, 3.8) is 0 Å². The summed E-state index contributed by atoms with van der Waals surface area (Å²) in [6, 6.07) is 10.5. The molecule has 0 atom stereocenters. The zero-order chi connectivity index (χ0) is 22.3. The fourth-order valence-electron chi connectivity index (χ4n) is 3.28. The predicted octanol–water partition coefficient (Wildman–Crippen LogP) is 3.00. The van der Waals surface area contributed by atoms with E-state index in [2.05, 4.69) is 32.9 Å². The summed E-state index contributed by atoms with van der Waals surface area (Å²) in [4.78, 5) is 18.6. The van der Waals surface area contributed by atoms with Crippen LogP contribution < -0.4 is 10.6 Å². The van der Waals surface area contributed by atoms with E-state index >= 15 is 0 Å². The molecule has 0 radical (unpaired) electrons. The van der Waals surface area contributed by atoms with Crippen LogP contribution in [0.15, 0.2) is 47.7 Å². The standard InChI is InChI=1S/C23H34N6O2/c1-23(2,3)31-22(30)29(20-10-11-20)15-13-25-21(24-4)26-16-18-8-5-6-9-19(18)17-28-14-7-12-27-28/h5-9,12,14,20H,10-11,13,15-17H2,1-4H3,(H2,24,25,26). The Morgan fingerprint density at radius 2 is 1.97 bits per heavy atom. The van der Waals surface area contributed by atoms with Crippen LogP contribution in [0.4, 0.5) is 4.79 Å². The third-order valence-corrected chi connectivity index (χ3v) is 4.94. The van der Waals surface area contributed by atoms with Gasteiger partial charge in [0.2, 0.25) is 0 Å². The lowest BCUT2D eigenvalue weighted by atomic mass is 10.1. The van der Waals surface area contributed by atoms with E-state index in [0.717, 1.165) is 19.4 Å². The van der Waals surface area contributed by atoms with E-state index in [1.165, 1.54) is 11.1 Å². The van der Waals surface area contributed by atoms with Crippen LogP contribution in [0.1, 0.15) is 44.7 Å². The Labute approximate surface area is 184 Å². The predicted molar refractivity (Wildman–Crippen MR) is 122 cm³/mol. The summed E-state index contributed by atoms with van der Waals surface area (Å²) < 4.78 is 7.46. The van der Waals surface area contributed by atoms with Crippen LogP contribution in [0.25, 0.3) is 0 Å². The fourth-order valence-corrected chi connectivity index (χ4v) is 3.28. The van der Waals surface area contributed by atoms with Crippen molar-refractivity contribution in [3.8, 4) is 0 Å². The molecule has 3 rings (SSSR count). The lowest BCUT2D eigenvalue weighted by Crippen LogP contribution is -2.45. The van der Waals surface area contributed by atoms with Gasteiger partial charge in [-0.15, -0.1) is 0 Å². The minimum absolute atomic E-state index is 0.243. The summed E-state index contributed by atoms with van der Waals surface area (Å²) in [5.41, 5.74) is 1.91. The quantitative estimate of drug-likeness (QED) is 0.501. The van der Waals surface area contributed by atoms with Gasteiger partial charge in [-0.05, 0) is 50.8 Å². The van der Waals surface area contributed by atoms with E-state index in [0.29, 0.717) is 31.6 Å². The number of nitrogens with zero attached hydrogens (tertiary/aromatic N) is 4. The second-order valence-electron chi connectivity index (χ2n) is 8.73. The van der Waals surface area contributed by atoms with Gasteiger partial charge in [-0.3, -0.25) is 9.67 Å². The largest absolute Gasteiger partial charge is 0.444 e. The van der Waals surface area contributed by atoms with Gasteiger partial charge >= 0.3 is 6.09 Å². The second kappa shape index (κ2) is 10.3. The molecule has 0 bridgehead atoms. The Hall–Kier alpha value is -3.03. The van der Waals surface area contributed by atoms with E-state index in [1.54, 1.807) is 13.2 Å². The molecule has 8 heteroatoms. The lowest BCUT2D eigenvalue weighted by molar-refractivity contribution is 0.0238. The van der Waals surface area contributed by atoms with Gasteiger partial charge in [0.1, 0.15) is 5.60 Å². The number of guanidine groups is 1. The molecule has 0 spiro atoms. The minimum atomic E-state index is -0.487. The minimum Gasteiger partial charge on any atom is -0.444 e. The smallest absolute Gasteiger partial charge is 0.410 e. The Kier molecular flexibility index (Phi) is 7.55. The molecule has 1 aliphatic carbocycles. The molecule has 8 nitrogen and oxygen atoms in total. The number of aliphatic imine (C=N–C) groups is 1. The summed E-state index contributed by atoms with van der Waals surface area (Å²) in [5, 5.41) is 11.0. The summed E-state index contributed by atoms with van der Waals surface area (Å²) >= 11 is 0. The molecule has 0 unspecified atom stereocenters. The molecule has 2 N–H and O–H groups in total. The number of benzene rings is 1. The highest BCUT2D eigenvalue weighted by molar-refractivity contribution is 5.79. The zero-order valence-corrected chi connectivity index (χ0v) is 19.0. The number of carbonyl (C=O) groups is 1. The van der Waals surface area contributed by atoms with E-state index in [4.69, 9.17) is 4.74 Å². The van der Waals surface area contributed by atoms with Crippen LogP contribution in [-0.2, 0) is 17.8 Å². The lowest BCUT2D eigenvalue weighted by Gasteiger charge is -2.27. The third kappa shape index (κ3) is 7.31. The molecule has 1 fully saturated rings. The topological polar surface area (TPSA) is 83.8 Å². The van der Waals surface area contributed by atoms with E-state index in [1.807, 2.05) is 54.7 Å². The molecule has 31 heavy (non-hydrogen) atoms. The second-order valence-corrected chi connectivity index (χ2v) is 8.73. The van der Waals surface area contributed by atoms with Crippen LogP contribution >= 0.6 is 0 Å². The molecular formula is C23H34N6O2. The maximum Gasteiger partial charge on any atom is 0.410 e. The summed E-state index contributed by atoms with van der Waals surface area (Å²) in [5.74, 6) is 0.703. The highest BCUT2D eigenvalue weighted by Crippen LogP contribution is 2.28. The van der Waals surface area contributed by atoms with Gasteiger partial charge in [-0.2, -0.15) is 5.10 Å². The Morgan fingerprint density at radius 3 is 2.58 bits per heavy atom. The SMILES string of the molecule is CN=C(NCCN(C(=O)OC(C)(C)C)C1CC1)NCc1ccccc1Cn1cccn1.